The Kier molecular flexibility index (Phi) is 6.49. The van der Waals surface area contributed by atoms with Crippen LogP contribution in [0.25, 0.3) is 0 Å². The van der Waals surface area contributed by atoms with Gasteiger partial charge in [-0.1, -0.05) is 18.2 Å². The number of nitrogens with one attached hydrogen (secondary N) is 2. The maximum atomic E-state index is 12.1. The van der Waals surface area contributed by atoms with Gasteiger partial charge in [0.05, 0.1) is 17.0 Å². The van der Waals surface area contributed by atoms with Crippen molar-refractivity contribution in [3.05, 3.63) is 63.3 Å². The highest BCUT2D eigenvalue weighted by Gasteiger charge is 2.30. The van der Waals surface area contributed by atoms with E-state index in [0.29, 0.717) is 21.3 Å². The summed E-state index contributed by atoms with van der Waals surface area (Å²) in [5, 5.41) is 9.20. The Balaban J connectivity index is 1.46. The van der Waals surface area contributed by atoms with Crippen molar-refractivity contribution in [2.45, 2.75) is 19.3 Å². The lowest BCUT2D eigenvalue weighted by atomic mass is 10.2. The highest BCUT2D eigenvalue weighted by Crippen LogP contribution is 2.23. The largest absolute Gasteiger partial charge is 0.573 e. The Morgan fingerprint density at radius 2 is 1.86 bits per heavy atom. The van der Waals surface area contributed by atoms with Crippen LogP contribution in [0.1, 0.15) is 20.9 Å². The first-order valence-electron chi connectivity index (χ1n) is 8.19. The summed E-state index contributed by atoms with van der Waals surface area (Å²) in [4.78, 5) is 28.8. The number of hydrogen-bond donors (Lipinski definition) is 2. The van der Waals surface area contributed by atoms with Crippen molar-refractivity contribution in [1.29, 1.82) is 0 Å². The van der Waals surface area contributed by atoms with Gasteiger partial charge >= 0.3 is 6.36 Å². The fraction of sp³-hybridized carbons (Fsp3) is 0.167. The predicted molar refractivity (Wildman–Crippen MR) is 103 cm³/mol. The molecule has 2 amide bonds. The second kappa shape index (κ2) is 9.05. The molecule has 152 valence electrons. The monoisotopic (exact) mass is 441 g/mol. The minimum Gasteiger partial charge on any atom is -0.406 e. The van der Waals surface area contributed by atoms with Gasteiger partial charge in [0.15, 0.2) is 5.13 Å². The Hall–Kier alpha value is -2.92. The number of halogens is 3. The number of carbonyl (C=O) groups is 2. The summed E-state index contributed by atoms with van der Waals surface area (Å²) < 4.78 is 40.2. The van der Waals surface area contributed by atoms with E-state index >= 15 is 0 Å². The molecule has 0 saturated heterocycles. The van der Waals surface area contributed by atoms with Crippen molar-refractivity contribution < 1.29 is 27.5 Å². The maximum Gasteiger partial charge on any atom is 0.573 e. The highest BCUT2D eigenvalue weighted by atomic mass is 32.1. The van der Waals surface area contributed by atoms with Crippen LogP contribution in [0, 0.1) is 0 Å². The highest BCUT2D eigenvalue weighted by molar-refractivity contribution is 7.14. The van der Waals surface area contributed by atoms with Crippen LogP contribution in [0.5, 0.6) is 5.75 Å². The number of ether oxygens (including phenoxy) is 1. The molecule has 0 atom stereocenters. The normalized spacial score (nSPS) is 11.1. The Morgan fingerprint density at radius 1 is 1.10 bits per heavy atom. The zero-order valence-corrected chi connectivity index (χ0v) is 16.3. The van der Waals surface area contributed by atoms with Crippen molar-refractivity contribution in [2.24, 2.45) is 0 Å². The zero-order chi connectivity index (χ0) is 20.9. The van der Waals surface area contributed by atoms with Gasteiger partial charge in [0.1, 0.15) is 5.75 Å². The van der Waals surface area contributed by atoms with Crippen LogP contribution in [0.3, 0.4) is 0 Å². The molecule has 3 aromatic rings. The number of aromatic nitrogens is 1. The Bertz CT molecular complexity index is 970. The topological polar surface area (TPSA) is 80.3 Å². The van der Waals surface area contributed by atoms with Gasteiger partial charge in [0, 0.05) is 11.9 Å². The molecular weight excluding hydrogens is 427 g/mol. The van der Waals surface area contributed by atoms with E-state index < -0.39 is 6.36 Å². The van der Waals surface area contributed by atoms with Gasteiger partial charge in [-0.2, -0.15) is 0 Å². The second-order valence-electron chi connectivity index (χ2n) is 5.72. The first-order chi connectivity index (χ1) is 13.8. The summed E-state index contributed by atoms with van der Waals surface area (Å²) in [6.07, 6.45) is -4.73. The third-order valence-corrected chi connectivity index (χ3v) is 5.18. The Labute approximate surface area is 171 Å². The quantitative estimate of drug-likeness (QED) is 0.576. The molecule has 0 spiro atoms. The van der Waals surface area contributed by atoms with Crippen LogP contribution in [0.4, 0.5) is 18.3 Å². The van der Waals surface area contributed by atoms with E-state index in [1.807, 2.05) is 0 Å². The smallest absolute Gasteiger partial charge is 0.406 e. The summed E-state index contributed by atoms with van der Waals surface area (Å²) in [5.74, 6) is -0.891. The summed E-state index contributed by atoms with van der Waals surface area (Å²) >= 11 is 2.53. The minimum atomic E-state index is -4.74. The van der Waals surface area contributed by atoms with Crippen molar-refractivity contribution in [2.75, 3.05) is 5.32 Å². The van der Waals surface area contributed by atoms with E-state index in [0.717, 1.165) is 0 Å². The molecule has 0 aliphatic carbocycles. The molecule has 0 saturated carbocycles. The third-order valence-electron chi connectivity index (χ3n) is 3.51. The second-order valence-corrected chi connectivity index (χ2v) is 7.53. The van der Waals surface area contributed by atoms with Crippen LogP contribution in [-0.4, -0.2) is 23.2 Å². The molecule has 0 aliphatic heterocycles. The lowest BCUT2D eigenvalue weighted by molar-refractivity contribution is -0.274. The van der Waals surface area contributed by atoms with Crippen LogP contribution in [0.2, 0.25) is 0 Å². The summed E-state index contributed by atoms with van der Waals surface area (Å²) in [7, 11) is 0. The van der Waals surface area contributed by atoms with Crippen molar-refractivity contribution in [3.8, 4) is 5.75 Å². The minimum absolute atomic E-state index is 0.0145. The molecule has 3 rings (SSSR count). The lowest BCUT2D eigenvalue weighted by Crippen LogP contribution is -2.24. The molecule has 2 aromatic heterocycles. The van der Waals surface area contributed by atoms with E-state index in [1.165, 1.54) is 46.9 Å². The van der Waals surface area contributed by atoms with Gasteiger partial charge in [-0.15, -0.1) is 35.8 Å². The molecule has 2 N–H and O–H groups in total. The summed E-state index contributed by atoms with van der Waals surface area (Å²) in [6, 6.07) is 8.69. The van der Waals surface area contributed by atoms with E-state index in [4.69, 9.17) is 0 Å². The fourth-order valence-corrected chi connectivity index (χ4v) is 3.57. The number of carbonyl (C=O) groups excluding carboxylic acids is 2. The van der Waals surface area contributed by atoms with E-state index in [-0.39, 0.29) is 30.5 Å². The first-order valence-corrected chi connectivity index (χ1v) is 9.95. The summed E-state index contributed by atoms with van der Waals surface area (Å²) in [5.41, 5.74) is 1.12. The molecule has 0 fully saturated rings. The van der Waals surface area contributed by atoms with Crippen LogP contribution >= 0.6 is 22.7 Å². The van der Waals surface area contributed by atoms with Crippen LogP contribution < -0.4 is 15.4 Å². The number of alkyl halides is 3. The molecule has 0 bridgehead atoms. The van der Waals surface area contributed by atoms with Crippen LogP contribution in [0.15, 0.2) is 47.2 Å². The number of thiophene rings is 1. The third kappa shape index (κ3) is 6.57. The standard InChI is InChI=1S/C18H14F3N3O3S2/c19-18(20,21)27-13-5-3-11(4-6-13)9-22-15(25)8-12-10-29-17(23-12)24-16(26)14-2-1-7-28-14/h1-7,10H,8-9H2,(H,22,25)(H,23,24,26). The van der Waals surface area contributed by atoms with Crippen molar-refractivity contribution in [1.82, 2.24) is 10.3 Å². The van der Waals surface area contributed by atoms with Crippen LogP contribution in [-0.2, 0) is 17.8 Å². The lowest BCUT2D eigenvalue weighted by Gasteiger charge is -2.09. The van der Waals surface area contributed by atoms with Gasteiger partial charge < -0.3 is 10.1 Å². The molecule has 6 nitrogen and oxygen atoms in total. The van der Waals surface area contributed by atoms with Gasteiger partial charge in [-0.05, 0) is 29.1 Å². The van der Waals surface area contributed by atoms with E-state index in [1.54, 1.807) is 22.9 Å². The number of amides is 2. The number of hydrogen-bond acceptors (Lipinski definition) is 6. The van der Waals surface area contributed by atoms with Crippen molar-refractivity contribution in [3.63, 3.8) is 0 Å². The molecule has 29 heavy (non-hydrogen) atoms. The average molecular weight is 441 g/mol. The van der Waals surface area contributed by atoms with E-state index in [2.05, 4.69) is 20.4 Å². The molecule has 0 aliphatic rings. The molecule has 1 aromatic carbocycles. The van der Waals surface area contributed by atoms with E-state index in [9.17, 15) is 22.8 Å². The van der Waals surface area contributed by atoms with Gasteiger partial charge in [0.25, 0.3) is 5.91 Å². The van der Waals surface area contributed by atoms with Gasteiger partial charge in [-0.3, -0.25) is 14.9 Å². The van der Waals surface area contributed by atoms with Gasteiger partial charge in [-0.25, -0.2) is 4.98 Å². The molecule has 2 heterocycles. The number of benzene rings is 1. The molecular formula is C18H14F3N3O3S2. The number of thiazole rings is 1. The number of anilines is 1. The molecule has 0 radical (unpaired) electrons. The Morgan fingerprint density at radius 3 is 2.52 bits per heavy atom. The molecule has 11 heteroatoms. The summed E-state index contributed by atoms with van der Waals surface area (Å²) in [6.45, 7) is 0.150. The van der Waals surface area contributed by atoms with Gasteiger partial charge in [0.2, 0.25) is 5.91 Å². The average Bonchev–Trinajstić information content (AvgIpc) is 3.32. The predicted octanol–water partition coefficient (Wildman–Crippen LogP) is 4.21. The van der Waals surface area contributed by atoms with Crippen molar-refractivity contribution >= 4 is 39.6 Å². The maximum absolute atomic E-state index is 12.1. The number of nitrogens with zero attached hydrogens (tertiary/aromatic N) is 1. The SMILES string of the molecule is O=C(Cc1csc(NC(=O)c2cccs2)n1)NCc1ccc(OC(F)(F)F)cc1. The number of rotatable bonds is 7. The zero-order valence-electron chi connectivity index (χ0n) is 14.7. The fourth-order valence-electron chi connectivity index (χ4n) is 2.25. The molecule has 0 unspecified atom stereocenters. The first kappa shape index (κ1) is 20.8.